The molecule has 1 fully saturated rings. The van der Waals surface area contributed by atoms with Crippen molar-refractivity contribution in [3.8, 4) is 11.3 Å². The summed E-state index contributed by atoms with van der Waals surface area (Å²) in [6.07, 6.45) is 1.50. The van der Waals surface area contributed by atoms with E-state index in [1.54, 1.807) is 24.3 Å². The summed E-state index contributed by atoms with van der Waals surface area (Å²) in [6.45, 7) is 5.12. The van der Waals surface area contributed by atoms with Gasteiger partial charge < -0.3 is 19.5 Å². The molecule has 1 aliphatic rings. The van der Waals surface area contributed by atoms with Crippen LogP contribution >= 0.6 is 11.6 Å². The molecule has 166 valence electrons. The highest BCUT2D eigenvalue weighted by molar-refractivity contribution is 6.30. The zero-order valence-corrected chi connectivity index (χ0v) is 18.8. The number of carbonyl (C=O) groups excluding carboxylic acids is 2. The topological polar surface area (TPSA) is 65.8 Å². The molecule has 3 aromatic rings. The van der Waals surface area contributed by atoms with E-state index in [9.17, 15) is 9.59 Å². The number of benzene rings is 2. The maximum absolute atomic E-state index is 12.6. The second-order valence-corrected chi connectivity index (χ2v) is 8.23. The Bertz CT molecular complexity index is 1070. The molecule has 1 aliphatic heterocycles. The molecule has 1 aromatic heterocycles. The molecule has 1 N–H and O–H groups in total. The van der Waals surface area contributed by atoms with Crippen molar-refractivity contribution in [2.24, 2.45) is 0 Å². The van der Waals surface area contributed by atoms with Gasteiger partial charge in [-0.1, -0.05) is 18.5 Å². The number of amides is 2. The van der Waals surface area contributed by atoms with Crippen molar-refractivity contribution in [3.05, 3.63) is 71.4 Å². The third-order valence-electron chi connectivity index (χ3n) is 5.55. The minimum atomic E-state index is -0.305. The number of carbonyl (C=O) groups is 2. The normalized spacial score (nSPS) is 13.8. The van der Waals surface area contributed by atoms with E-state index in [4.69, 9.17) is 16.0 Å². The molecular formula is C25H26ClN3O3. The summed E-state index contributed by atoms with van der Waals surface area (Å²) < 4.78 is 5.71. The molecule has 2 heterocycles. The lowest BCUT2D eigenvalue weighted by atomic mass is 10.2. The Morgan fingerprint density at radius 1 is 0.938 bits per heavy atom. The van der Waals surface area contributed by atoms with Gasteiger partial charge in [-0.15, -0.1) is 0 Å². The fraction of sp³-hybridized carbons (Fsp3) is 0.280. The molecule has 2 amide bonds. The number of hydrogen-bond donors (Lipinski definition) is 1. The van der Waals surface area contributed by atoms with Crippen LogP contribution < -0.4 is 10.2 Å². The van der Waals surface area contributed by atoms with Gasteiger partial charge >= 0.3 is 0 Å². The van der Waals surface area contributed by atoms with Gasteiger partial charge in [-0.3, -0.25) is 9.59 Å². The van der Waals surface area contributed by atoms with Crippen molar-refractivity contribution in [3.63, 3.8) is 0 Å². The number of rotatable bonds is 6. The Balaban J connectivity index is 1.34. The second kappa shape index (κ2) is 9.92. The maximum atomic E-state index is 12.6. The molecule has 7 heteroatoms. The molecular weight excluding hydrogens is 426 g/mol. The van der Waals surface area contributed by atoms with E-state index in [0.29, 0.717) is 22.9 Å². The Kier molecular flexibility index (Phi) is 6.81. The molecule has 4 rings (SSSR count). The van der Waals surface area contributed by atoms with E-state index in [1.165, 1.54) is 0 Å². The first-order valence-electron chi connectivity index (χ1n) is 10.8. The molecule has 2 aromatic carbocycles. The molecule has 0 unspecified atom stereocenters. The lowest BCUT2D eigenvalue weighted by Crippen LogP contribution is -2.48. The molecule has 0 bridgehead atoms. The van der Waals surface area contributed by atoms with Crippen LogP contribution in [0.15, 0.2) is 65.1 Å². The van der Waals surface area contributed by atoms with Gasteiger partial charge in [0, 0.05) is 54.6 Å². The Morgan fingerprint density at radius 3 is 2.28 bits per heavy atom. The maximum Gasteiger partial charge on any atom is 0.291 e. The van der Waals surface area contributed by atoms with Crippen LogP contribution in [0.5, 0.6) is 0 Å². The van der Waals surface area contributed by atoms with Crippen LogP contribution in [0.3, 0.4) is 0 Å². The molecule has 0 atom stereocenters. The zero-order chi connectivity index (χ0) is 22.5. The lowest BCUT2D eigenvalue weighted by molar-refractivity contribution is -0.131. The molecule has 0 radical (unpaired) electrons. The number of nitrogens with zero attached hydrogens (tertiary/aromatic N) is 2. The minimum Gasteiger partial charge on any atom is -0.451 e. The summed E-state index contributed by atoms with van der Waals surface area (Å²) in [5.41, 5.74) is 2.63. The van der Waals surface area contributed by atoms with Crippen LogP contribution in [0, 0.1) is 0 Å². The monoisotopic (exact) mass is 451 g/mol. The van der Waals surface area contributed by atoms with Gasteiger partial charge in [0.25, 0.3) is 5.91 Å². The van der Waals surface area contributed by atoms with Crippen LogP contribution in [0.25, 0.3) is 11.3 Å². The number of anilines is 2. The first kappa shape index (κ1) is 22.0. The standard InChI is InChI=1S/C25H26ClN3O3/c1-2-3-24(30)29-16-14-28(15-17-29)21-10-8-20(9-11-21)27-25(31)23-13-12-22(32-23)18-4-6-19(26)7-5-18/h4-13H,2-3,14-17H2,1H3,(H,27,31). The molecule has 32 heavy (non-hydrogen) atoms. The first-order chi connectivity index (χ1) is 15.5. The summed E-state index contributed by atoms with van der Waals surface area (Å²) in [6, 6.07) is 18.4. The summed E-state index contributed by atoms with van der Waals surface area (Å²) in [4.78, 5) is 28.8. The average Bonchev–Trinajstić information content (AvgIpc) is 3.31. The summed E-state index contributed by atoms with van der Waals surface area (Å²) >= 11 is 5.92. The summed E-state index contributed by atoms with van der Waals surface area (Å²) in [7, 11) is 0. The van der Waals surface area contributed by atoms with E-state index >= 15 is 0 Å². The Labute approximate surface area is 192 Å². The summed E-state index contributed by atoms with van der Waals surface area (Å²) in [5.74, 6) is 0.786. The fourth-order valence-electron chi connectivity index (χ4n) is 3.76. The predicted molar refractivity (Wildman–Crippen MR) is 127 cm³/mol. The van der Waals surface area contributed by atoms with Gasteiger partial charge in [-0.2, -0.15) is 0 Å². The van der Waals surface area contributed by atoms with Crippen LogP contribution in [0.4, 0.5) is 11.4 Å². The van der Waals surface area contributed by atoms with Crippen LogP contribution in [-0.4, -0.2) is 42.9 Å². The van der Waals surface area contributed by atoms with Crippen molar-refractivity contribution in [2.45, 2.75) is 19.8 Å². The molecule has 1 saturated heterocycles. The Morgan fingerprint density at radius 2 is 1.62 bits per heavy atom. The zero-order valence-electron chi connectivity index (χ0n) is 18.0. The molecule has 0 saturated carbocycles. The lowest BCUT2D eigenvalue weighted by Gasteiger charge is -2.36. The predicted octanol–water partition coefficient (Wildman–Crippen LogP) is 5.30. The number of piperazine rings is 1. The van der Waals surface area contributed by atoms with E-state index in [1.807, 2.05) is 48.2 Å². The van der Waals surface area contributed by atoms with E-state index in [0.717, 1.165) is 43.9 Å². The van der Waals surface area contributed by atoms with E-state index < -0.39 is 0 Å². The highest BCUT2D eigenvalue weighted by Crippen LogP contribution is 2.25. The van der Waals surface area contributed by atoms with Gasteiger partial charge in [0.15, 0.2) is 5.76 Å². The molecule has 0 aliphatic carbocycles. The van der Waals surface area contributed by atoms with Crippen LogP contribution in [0.2, 0.25) is 5.02 Å². The van der Waals surface area contributed by atoms with Gasteiger partial charge in [0.2, 0.25) is 5.91 Å². The largest absolute Gasteiger partial charge is 0.451 e. The Hall–Kier alpha value is -3.25. The fourth-order valence-corrected chi connectivity index (χ4v) is 3.89. The van der Waals surface area contributed by atoms with Crippen LogP contribution in [0.1, 0.15) is 30.3 Å². The van der Waals surface area contributed by atoms with Crippen molar-refractivity contribution >= 4 is 34.8 Å². The van der Waals surface area contributed by atoms with Gasteiger partial charge in [0.1, 0.15) is 5.76 Å². The smallest absolute Gasteiger partial charge is 0.291 e. The SMILES string of the molecule is CCCC(=O)N1CCN(c2ccc(NC(=O)c3ccc(-c4ccc(Cl)cc4)o3)cc2)CC1. The highest BCUT2D eigenvalue weighted by Gasteiger charge is 2.20. The third kappa shape index (κ3) is 5.14. The average molecular weight is 452 g/mol. The number of halogens is 1. The van der Waals surface area contributed by atoms with Gasteiger partial charge in [-0.25, -0.2) is 0 Å². The minimum absolute atomic E-state index is 0.238. The van der Waals surface area contributed by atoms with Crippen LogP contribution in [-0.2, 0) is 4.79 Å². The van der Waals surface area contributed by atoms with Crippen molar-refractivity contribution in [1.29, 1.82) is 0 Å². The number of nitrogens with one attached hydrogen (secondary N) is 1. The first-order valence-corrected chi connectivity index (χ1v) is 11.2. The quantitative estimate of drug-likeness (QED) is 0.552. The van der Waals surface area contributed by atoms with Crippen molar-refractivity contribution in [2.75, 3.05) is 36.4 Å². The van der Waals surface area contributed by atoms with E-state index in [2.05, 4.69) is 10.2 Å². The van der Waals surface area contributed by atoms with Crippen molar-refractivity contribution < 1.29 is 14.0 Å². The summed E-state index contributed by atoms with van der Waals surface area (Å²) in [5, 5.41) is 3.52. The highest BCUT2D eigenvalue weighted by atomic mass is 35.5. The second-order valence-electron chi connectivity index (χ2n) is 7.79. The molecule has 6 nitrogen and oxygen atoms in total. The molecule has 0 spiro atoms. The number of hydrogen-bond acceptors (Lipinski definition) is 4. The third-order valence-corrected chi connectivity index (χ3v) is 5.80. The van der Waals surface area contributed by atoms with Gasteiger partial charge in [0.05, 0.1) is 0 Å². The van der Waals surface area contributed by atoms with E-state index in [-0.39, 0.29) is 17.6 Å². The van der Waals surface area contributed by atoms with Crippen molar-refractivity contribution in [1.82, 2.24) is 4.90 Å². The van der Waals surface area contributed by atoms with Gasteiger partial charge in [-0.05, 0) is 67.1 Å². The number of furan rings is 1.